The molecule has 1 atom stereocenters. The number of nitrogens with zero attached hydrogens (tertiary/aromatic N) is 1. The normalized spacial score (nSPS) is 23.1. The van der Waals surface area contributed by atoms with Crippen molar-refractivity contribution in [1.82, 2.24) is 4.98 Å². The van der Waals surface area contributed by atoms with Crippen molar-refractivity contribution in [3.05, 3.63) is 34.8 Å². The summed E-state index contributed by atoms with van der Waals surface area (Å²) in [5.41, 5.74) is 3.35. The summed E-state index contributed by atoms with van der Waals surface area (Å²) < 4.78 is 13.7. The highest BCUT2D eigenvalue weighted by Crippen LogP contribution is 2.49. The molecule has 2 aromatic rings. The Labute approximate surface area is 115 Å². The minimum Gasteiger partial charge on any atom is -0.358 e. The molecule has 0 spiro atoms. The molecule has 4 rings (SSSR count). The SMILES string of the molecule is CC1(C)CCc2[nH]c3cc(F)cc4c3c2C1N=CC4=O. The van der Waals surface area contributed by atoms with Gasteiger partial charge in [0.25, 0.3) is 0 Å². The Bertz CT molecular complexity index is 785. The van der Waals surface area contributed by atoms with Crippen LogP contribution in [0.5, 0.6) is 0 Å². The van der Waals surface area contributed by atoms with Crippen LogP contribution < -0.4 is 0 Å². The zero-order valence-electron chi connectivity index (χ0n) is 11.5. The number of hydrogen-bond donors (Lipinski definition) is 1. The molecule has 1 aromatic carbocycles. The maximum absolute atomic E-state index is 13.7. The van der Waals surface area contributed by atoms with Crippen LogP contribution >= 0.6 is 0 Å². The van der Waals surface area contributed by atoms with Gasteiger partial charge in [-0.05, 0) is 30.4 Å². The van der Waals surface area contributed by atoms with Gasteiger partial charge in [0.05, 0.1) is 12.3 Å². The molecule has 102 valence electrons. The fraction of sp³-hybridized carbons (Fsp3) is 0.375. The molecule has 0 radical (unpaired) electrons. The van der Waals surface area contributed by atoms with Gasteiger partial charge in [-0.1, -0.05) is 13.8 Å². The van der Waals surface area contributed by atoms with E-state index in [2.05, 4.69) is 23.8 Å². The van der Waals surface area contributed by atoms with Gasteiger partial charge in [0.1, 0.15) is 5.82 Å². The summed E-state index contributed by atoms with van der Waals surface area (Å²) in [7, 11) is 0. The monoisotopic (exact) mass is 270 g/mol. The van der Waals surface area contributed by atoms with Crippen molar-refractivity contribution in [1.29, 1.82) is 0 Å². The first-order valence-electron chi connectivity index (χ1n) is 6.89. The van der Waals surface area contributed by atoms with Crippen LogP contribution in [0.2, 0.25) is 0 Å². The van der Waals surface area contributed by atoms with E-state index in [0.29, 0.717) is 11.1 Å². The molecule has 0 saturated heterocycles. The van der Waals surface area contributed by atoms with Gasteiger partial charge < -0.3 is 4.98 Å². The van der Waals surface area contributed by atoms with Crippen LogP contribution in [-0.4, -0.2) is 17.0 Å². The van der Waals surface area contributed by atoms with Crippen molar-refractivity contribution < 1.29 is 9.18 Å². The average molecular weight is 270 g/mol. The molecular weight excluding hydrogens is 255 g/mol. The minimum atomic E-state index is -0.384. The molecule has 0 fully saturated rings. The van der Waals surface area contributed by atoms with E-state index in [1.807, 2.05) is 0 Å². The van der Waals surface area contributed by atoms with Gasteiger partial charge in [0, 0.05) is 27.7 Å². The molecular formula is C16H15FN2O. The quantitative estimate of drug-likeness (QED) is 0.781. The van der Waals surface area contributed by atoms with E-state index in [-0.39, 0.29) is 23.1 Å². The van der Waals surface area contributed by atoms with Gasteiger partial charge in [-0.2, -0.15) is 0 Å². The fourth-order valence-corrected chi connectivity index (χ4v) is 3.53. The van der Waals surface area contributed by atoms with E-state index in [9.17, 15) is 9.18 Å². The number of aromatic amines is 1. The van der Waals surface area contributed by atoms with E-state index in [1.54, 1.807) is 0 Å². The second kappa shape index (κ2) is 3.57. The largest absolute Gasteiger partial charge is 0.358 e. The Hall–Kier alpha value is -1.97. The predicted molar refractivity (Wildman–Crippen MR) is 75.9 cm³/mol. The Morgan fingerprint density at radius 1 is 1.40 bits per heavy atom. The molecule has 1 aliphatic heterocycles. The van der Waals surface area contributed by atoms with Crippen molar-refractivity contribution in [2.24, 2.45) is 10.4 Å². The Morgan fingerprint density at radius 2 is 2.20 bits per heavy atom. The standard InChI is InChI=1S/C16H15FN2O/c1-16(2)4-3-10-14-13-9(12(20)7-18-15(14)16)5-8(17)6-11(13)19-10/h5-7,15,19H,3-4H2,1-2H3. The molecule has 20 heavy (non-hydrogen) atoms. The van der Waals surface area contributed by atoms with Gasteiger partial charge in [-0.15, -0.1) is 0 Å². The van der Waals surface area contributed by atoms with Crippen molar-refractivity contribution in [2.75, 3.05) is 0 Å². The van der Waals surface area contributed by atoms with E-state index in [0.717, 1.165) is 29.5 Å². The molecule has 2 aliphatic rings. The number of halogens is 1. The van der Waals surface area contributed by atoms with Crippen LogP contribution in [0.1, 0.15) is 47.9 Å². The second-order valence-electron chi connectivity index (χ2n) is 6.43. The zero-order chi connectivity index (χ0) is 14.1. The maximum Gasteiger partial charge on any atom is 0.204 e. The molecule has 1 unspecified atom stereocenters. The lowest BCUT2D eigenvalue weighted by Gasteiger charge is -2.36. The molecule has 1 aliphatic carbocycles. The van der Waals surface area contributed by atoms with Crippen LogP contribution in [0.3, 0.4) is 0 Å². The highest BCUT2D eigenvalue weighted by atomic mass is 19.1. The summed E-state index contributed by atoms with van der Waals surface area (Å²) in [4.78, 5) is 20.0. The molecule has 1 aromatic heterocycles. The Balaban J connectivity index is 2.17. The molecule has 2 heterocycles. The van der Waals surface area contributed by atoms with Gasteiger partial charge >= 0.3 is 0 Å². The van der Waals surface area contributed by atoms with Crippen molar-refractivity contribution >= 4 is 22.9 Å². The van der Waals surface area contributed by atoms with Crippen LogP contribution in [-0.2, 0) is 6.42 Å². The average Bonchev–Trinajstić information content (AvgIpc) is 2.65. The number of ketones is 1. The number of H-pyrrole nitrogens is 1. The number of carbonyl (C=O) groups is 1. The molecule has 3 nitrogen and oxygen atoms in total. The number of aryl methyl sites for hydroxylation is 1. The fourth-order valence-electron chi connectivity index (χ4n) is 3.53. The number of hydrogen-bond acceptors (Lipinski definition) is 2. The van der Waals surface area contributed by atoms with E-state index in [1.165, 1.54) is 18.3 Å². The lowest BCUT2D eigenvalue weighted by molar-refractivity contribution is 0.107. The maximum atomic E-state index is 13.7. The lowest BCUT2D eigenvalue weighted by atomic mass is 9.72. The first-order chi connectivity index (χ1) is 9.47. The van der Waals surface area contributed by atoms with Gasteiger partial charge in [0.2, 0.25) is 5.78 Å². The minimum absolute atomic E-state index is 0.00883. The van der Waals surface area contributed by atoms with E-state index in [4.69, 9.17) is 0 Å². The summed E-state index contributed by atoms with van der Waals surface area (Å²) >= 11 is 0. The van der Waals surface area contributed by atoms with Crippen LogP contribution in [0.25, 0.3) is 10.9 Å². The van der Waals surface area contributed by atoms with Crippen molar-refractivity contribution in [3.63, 3.8) is 0 Å². The molecule has 0 bridgehead atoms. The number of aromatic nitrogens is 1. The highest BCUT2D eigenvalue weighted by Gasteiger charge is 2.40. The lowest BCUT2D eigenvalue weighted by Crippen LogP contribution is -2.26. The molecule has 0 saturated carbocycles. The third-order valence-electron chi connectivity index (χ3n) is 4.62. The van der Waals surface area contributed by atoms with Gasteiger partial charge in [-0.25, -0.2) is 4.39 Å². The summed E-state index contributed by atoms with van der Waals surface area (Å²) in [5, 5.41) is 0.863. The topological polar surface area (TPSA) is 45.2 Å². The number of carbonyl (C=O) groups excluding carboxylic acids is 1. The van der Waals surface area contributed by atoms with Crippen LogP contribution in [0.15, 0.2) is 17.1 Å². The predicted octanol–water partition coefficient (Wildman–Crippen LogP) is 3.59. The van der Waals surface area contributed by atoms with Crippen molar-refractivity contribution in [2.45, 2.75) is 32.7 Å². The highest BCUT2D eigenvalue weighted by molar-refractivity contribution is 6.38. The Morgan fingerprint density at radius 3 is 3.00 bits per heavy atom. The summed E-state index contributed by atoms with van der Waals surface area (Å²) in [6.07, 6.45) is 3.29. The second-order valence-corrected chi connectivity index (χ2v) is 6.43. The number of Topliss-reactive ketones (excluding diaryl/α,β-unsaturated/α-hetero) is 1. The third-order valence-corrected chi connectivity index (χ3v) is 4.62. The molecule has 0 amide bonds. The summed E-state index contributed by atoms with van der Waals surface area (Å²) in [5.74, 6) is -0.591. The van der Waals surface area contributed by atoms with E-state index >= 15 is 0 Å². The molecule has 1 N–H and O–H groups in total. The third kappa shape index (κ3) is 1.39. The first-order valence-corrected chi connectivity index (χ1v) is 6.89. The van der Waals surface area contributed by atoms with Crippen LogP contribution in [0.4, 0.5) is 4.39 Å². The zero-order valence-corrected chi connectivity index (χ0v) is 11.5. The number of benzene rings is 1. The Kier molecular flexibility index (Phi) is 2.11. The van der Waals surface area contributed by atoms with E-state index < -0.39 is 0 Å². The number of rotatable bonds is 0. The van der Waals surface area contributed by atoms with Crippen molar-refractivity contribution in [3.8, 4) is 0 Å². The van der Waals surface area contributed by atoms with Gasteiger partial charge in [0.15, 0.2) is 0 Å². The first kappa shape index (κ1) is 11.8. The number of aliphatic imine (C=N–C) groups is 1. The smallest absolute Gasteiger partial charge is 0.204 e. The van der Waals surface area contributed by atoms with Crippen LogP contribution in [0, 0.1) is 11.2 Å². The summed E-state index contributed by atoms with van der Waals surface area (Å²) in [6, 6.07) is 2.77. The summed E-state index contributed by atoms with van der Waals surface area (Å²) in [6.45, 7) is 4.35. The number of nitrogens with one attached hydrogen (secondary N) is 1. The molecule has 4 heteroatoms. The van der Waals surface area contributed by atoms with Gasteiger partial charge in [-0.3, -0.25) is 9.79 Å².